The van der Waals surface area contributed by atoms with Gasteiger partial charge in [0.2, 0.25) is 0 Å². The maximum absolute atomic E-state index is 5.46. The van der Waals surface area contributed by atoms with Crippen molar-refractivity contribution >= 4 is 11.6 Å². The van der Waals surface area contributed by atoms with Crippen LogP contribution in [-0.4, -0.2) is 6.54 Å². The highest BCUT2D eigenvalue weighted by Crippen LogP contribution is 2.33. The van der Waals surface area contributed by atoms with Gasteiger partial charge in [-0.3, -0.25) is 0 Å². The lowest BCUT2D eigenvalue weighted by atomic mass is 10.0. The van der Waals surface area contributed by atoms with E-state index in [1.165, 1.54) is 24.1 Å². The second-order valence-corrected chi connectivity index (χ2v) is 3.84. The minimum atomic E-state index is 0.946. The van der Waals surface area contributed by atoms with Crippen molar-refractivity contribution < 1.29 is 4.42 Å². The fourth-order valence-corrected chi connectivity index (χ4v) is 2.19. The normalized spacial score (nSPS) is 15.1. The van der Waals surface area contributed by atoms with Gasteiger partial charge in [0, 0.05) is 18.3 Å². The zero-order valence-electron chi connectivity index (χ0n) is 8.52. The van der Waals surface area contributed by atoms with Gasteiger partial charge >= 0.3 is 0 Å². The summed E-state index contributed by atoms with van der Waals surface area (Å²) in [5.74, 6) is 0.946. The molecule has 3 rings (SSSR count). The fourth-order valence-electron chi connectivity index (χ4n) is 2.19. The van der Waals surface area contributed by atoms with Crippen molar-refractivity contribution in [2.45, 2.75) is 12.8 Å². The molecule has 0 bridgehead atoms. The summed E-state index contributed by atoms with van der Waals surface area (Å²) in [7, 11) is 0. The Morgan fingerprint density at radius 1 is 1.07 bits per heavy atom. The van der Waals surface area contributed by atoms with Gasteiger partial charge in [-0.05, 0) is 30.5 Å². The summed E-state index contributed by atoms with van der Waals surface area (Å²) >= 11 is 0. The van der Waals surface area contributed by atoms with Gasteiger partial charge in [-0.2, -0.15) is 0 Å². The average Bonchev–Trinajstić information content (AvgIpc) is 2.82. The number of para-hydroxylation sites is 1. The first-order valence-electron chi connectivity index (χ1n) is 5.34. The Bertz CT molecular complexity index is 447. The summed E-state index contributed by atoms with van der Waals surface area (Å²) in [5, 5.41) is 0. The molecule has 1 aromatic heterocycles. The number of aryl methyl sites for hydroxylation is 1. The van der Waals surface area contributed by atoms with Crippen molar-refractivity contribution in [1.82, 2.24) is 0 Å². The molecule has 1 aromatic carbocycles. The summed E-state index contributed by atoms with van der Waals surface area (Å²) in [6, 6.07) is 12.5. The third-order valence-corrected chi connectivity index (χ3v) is 2.88. The highest BCUT2D eigenvalue weighted by atomic mass is 16.3. The first-order valence-corrected chi connectivity index (χ1v) is 5.34. The molecule has 2 nitrogen and oxygen atoms in total. The Kier molecular flexibility index (Phi) is 1.98. The van der Waals surface area contributed by atoms with Crippen LogP contribution >= 0.6 is 0 Å². The molecule has 0 N–H and O–H groups in total. The number of benzene rings is 1. The van der Waals surface area contributed by atoms with E-state index in [9.17, 15) is 0 Å². The molecule has 0 saturated carbocycles. The molecule has 0 aliphatic carbocycles. The predicted molar refractivity (Wildman–Crippen MR) is 60.5 cm³/mol. The van der Waals surface area contributed by atoms with Crippen molar-refractivity contribution in [3.63, 3.8) is 0 Å². The summed E-state index contributed by atoms with van der Waals surface area (Å²) in [6.07, 6.45) is 4.09. The van der Waals surface area contributed by atoms with Crippen molar-refractivity contribution in [3.8, 4) is 0 Å². The van der Waals surface area contributed by atoms with Crippen LogP contribution in [0.1, 0.15) is 12.0 Å². The average molecular weight is 199 g/mol. The zero-order chi connectivity index (χ0) is 10.1. The molecule has 0 saturated heterocycles. The number of nitrogens with zero attached hydrogens (tertiary/aromatic N) is 1. The molecule has 0 fully saturated rings. The SMILES string of the molecule is c1coc(N2CCCc3ccccc32)c1. The van der Waals surface area contributed by atoms with Crippen molar-refractivity contribution in [1.29, 1.82) is 0 Å². The maximum Gasteiger partial charge on any atom is 0.199 e. The van der Waals surface area contributed by atoms with Crippen LogP contribution in [0.25, 0.3) is 0 Å². The van der Waals surface area contributed by atoms with Gasteiger partial charge in [0.1, 0.15) is 0 Å². The van der Waals surface area contributed by atoms with E-state index in [-0.39, 0.29) is 0 Å². The molecule has 0 radical (unpaired) electrons. The van der Waals surface area contributed by atoms with Gasteiger partial charge in [0.05, 0.1) is 6.26 Å². The molecule has 76 valence electrons. The smallest absolute Gasteiger partial charge is 0.199 e. The van der Waals surface area contributed by atoms with E-state index in [0.29, 0.717) is 0 Å². The monoisotopic (exact) mass is 199 g/mol. The Labute approximate surface area is 89.1 Å². The lowest BCUT2D eigenvalue weighted by Gasteiger charge is -2.28. The Morgan fingerprint density at radius 3 is 2.87 bits per heavy atom. The van der Waals surface area contributed by atoms with E-state index < -0.39 is 0 Å². The summed E-state index contributed by atoms with van der Waals surface area (Å²) < 4.78 is 5.46. The molecule has 0 atom stereocenters. The van der Waals surface area contributed by atoms with Gasteiger partial charge in [-0.15, -0.1) is 0 Å². The fraction of sp³-hybridized carbons (Fsp3) is 0.231. The van der Waals surface area contributed by atoms with Crippen LogP contribution in [0, 0.1) is 0 Å². The van der Waals surface area contributed by atoms with Crippen molar-refractivity contribution in [2.24, 2.45) is 0 Å². The lowest BCUT2D eigenvalue weighted by Crippen LogP contribution is -2.23. The highest BCUT2D eigenvalue weighted by Gasteiger charge is 2.18. The van der Waals surface area contributed by atoms with Crippen LogP contribution in [-0.2, 0) is 6.42 Å². The van der Waals surface area contributed by atoms with Gasteiger partial charge in [-0.25, -0.2) is 0 Å². The van der Waals surface area contributed by atoms with E-state index in [1.54, 1.807) is 6.26 Å². The Hall–Kier alpha value is -1.70. The number of rotatable bonds is 1. The maximum atomic E-state index is 5.46. The van der Waals surface area contributed by atoms with Crippen LogP contribution in [0.15, 0.2) is 47.1 Å². The molecular formula is C13H13NO. The van der Waals surface area contributed by atoms with Crippen LogP contribution in [0.3, 0.4) is 0 Å². The quantitative estimate of drug-likeness (QED) is 0.700. The van der Waals surface area contributed by atoms with E-state index in [4.69, 9.17) is 4.42 Å². The van der Waals surface area contributed by atoms with Gasteiger partial charge in [0.25, 0.3) is 0 Å². The largest absolute Gasteiger partial charge is 0.448 e. The number of fused-ring (bicyclic) bond motifs is 1. The highest BCUT2D eigenvalue weighted by molar-refractivity contribution is 5.64. The van der Waals surface area contributed by atoms with Gasteiger partial charge < -0.3 is 9.32 Å². The molecule has 0 unspecified atom stereocenters. The third kappa shape index (κ3) is 1.42. The number of hydrogen-bond acceptors (Lipinski definition) is 2. The zero-order valence-corrected chi connectivity index (χ0v) is 8.52. The number of hydrogen-bond donors (Lipinski definition) is 0. The minimum Gasteiger partial charge on any atom is -0.448 e. The van der Waals surface area contributed by atoms with Crippen LogP contribution in [0.2, 0.25) is 0 Å². The third-order valence-electron chi connectivity index (χ3n) is 2.88. The second-order valence-electron chi connectivity index (χ2n) is 3.84. The lowest BCUT2D eigenvalue weighted by molar-refractivity contribution is 0.554. The molecule has 2 heteroatoms. The van der Waals surface area contributed by atoms with E-state index >= 15 is 0 Å². The minimum absolute atomic E-state index is 0.946. The number of anilines is 2. The summed E-state index contributed by atoms with van der Waals surface area (Å²) in [4.78, 5) is 2.25. The van der Waals surface area contributed by atoms with Crippen LogP contribution < -0.4 is 4.90 Å². The van der Waals surface area contributed by atoms with Crippen molar-refractivity contribution in [2.75, 3.05) is 11.4 Å². The van der Waals surface area contributed by atoms with E-state index in [2.05, 4.69) is 29.2 Å². The first kappa shape index (κ1) is 8.60. The molecule has 2 heterocycles. The predicted octanol–water partition coefficient (Wildman–Crippen LogP) is 3.36. The molecule has 0 spiro atoms. The second kappa shape index (κ2) is 3.46. The molecule has 2 aromatic rings. The Morgan fingerprint density at radius 2 is 2.00 bits per heavy atom. The standard InChI is InChI=1S/C13H13NO/c1-2-7-12-11(5-1)6-3-9-14(12)13-8-4-10-15-13/h1-2,4-5,7-8,10H,3,6,9H2. The first-order chi connectivity index (χ1) is 7.45. The summed E-state index contributed by atoms with van der Waals surface area (Å²) in [6.45, 7) is 1.05. The molecule has 0 amide bonds. The van der Waals surface area contributed by atoms with E-state index in [0.717, 1.165) is 12.4 Å². The molecule has 1 aliphatic rings. The molecular weight excluding hydrogens is 186 g/mol. The van der Waals surface area contributed by atoms with Crippen LogP contribution in [0.5, 0.6) is 0 Å². The topological polar surface area (TPSA) is 16.4 Å². The molecule has 15 heavy (non-hydrogen) atoms. The van der Waals surface area contributed by atoms with Crippen LogP contribution in [0.4, 0.5) is 11.6 Å². The number of furan rings is 1. The van der Waals surface area contributed by atoms with Gasteiger partial charge in [-0.1, -0.05) is 18.2 Å². The molecule has 1 aliphatic heterocycles. The van der Waals surface area contributed by atoms with Crippen molar-refractivity contribution in [3.05, 3.63) is 48.2 Å². The summed E-state index contributed by atoms with van der Waals surface area (Å²) in [5.41, 5.74) is 2.71. The van der Waals surface area contributed by atoms with E-state index in [1.807, 2.05) is 12.1 Å². The Balaban J connectivity index is 2.06. The van der Waals surface area contributed by atoms with Gasteiger partial charge in [0.15, 0.2) is 5.88 Å².